The number of carboxylic acids is 1. The van der Waals surface area contributed by atoms with Gasteiger partial charge in [0.1, 0.15) is 25.8 Å². The Hall–Kier alpha value is -3.92. The van der Waals surface area contributed by atoms with Crippen LogP contribution in [0.25, 0.3) is 11.1 Å². The third kappa shape index (κ3) is 5.27. The number of carboxylic acid groups (broad SMARTS) is 1. The number of ether oxygens (including phenoxy) is 2. The van der Waals surface area contributed by atoms with Crippen LogP contribution in [0.2, 0.25) is 0 Å². The molecule has 0 radical (unpaired) electrons. The topological polar surface area (TPSA) is 125 Å². The number of benzene rings is 2. The molecule has 1 fully saturated rings. The number of aliphatic carboxylic acids is 1. The van der Waals surface area contributed by atoms with Crippen LogP contribution in [-0.2, 0) is 23.9 Å². The Bertz CT molecular complexity index is 1090. The minimum atomic E-state index is -1.19. The molecular formula is C25H27N3O7. The Morgan fingerprint density at radius 1 is 1.06 bits per heavy atom. The third-order valence-corrected chi connectivity index (χ3v) is 6.24. The van der Waals surface area contributed by atoms with Gasteiger partial charge in [0, 0.05) is 19.5 Å². The number of likely N-dealkylation sites (N-methyl/N-ethyl adjacent to an activating group) is 1. The molecule has 1 saturated heterocycles. The number of fused-ring (bicyclic) bond motifs is 3. The van der Waals surface area contributed by atoms with Crippen LogP contribution in [0.3, 0.4) is 0 Å². The fraction of sp³-hybridized carbons (Fsp3) is 0.360. The molecule has 4 rings (SSSR count). The fourth-order valence-electron chi connectivity index (χ4n) is 4.43. The van der Waals surface area contributed by atoms with E-state index < -0.39 is 30.6 Å². The lowest BCUT2D eigenvalue weighted by Crippen LogP contribution is -2.60. The lowest BCUT2D eigenvalue weighted by atomic mass is 9.98. The first-order chi connectivity index (χ1) is 16.9. The van der Waals surface area contributed by atoms with Gasteiger partial charge in [0.2, 0.25) is 11.8 Å². The molecule has 1 atom stereocenters. The van der Waals surface area contributed by atoms with E-state index in [-0.39, 0.29) is 44.7 Å². The van der Waals surface area contributed by atoms with Crippen molar-refractivity contribution in [3.63, 3.8) is 0 Å². The molecule has 0 spiro atoms. The Labute approximate surface area is 202 Å². The molecule has 3 amide bonds. The summed E-state index contributed by atoms with van der Waals surface area (Å²) in [5.74, 6) is -2.17. The average molecular weight is 482 g/mol. The van der Waals surface area contributed by atoms with Crippen molar-refractivity contribution in [2.24, 2.45) is 0 Å². The van der Waals surface area contributed by atoms with E-state index in [0.717, 1.165) is 27.2 Å². The maximum Gasteiger partial charge on any atom is 0.407 e. The zero-order valence-electron chi connectivity index (χ0n) is 19.3. The highest BCUT2D eigenvalue weighted by molar-refractivity contribution is 5.91. The molecule has 0 bridgehead atoms. The molecule has 1 unspecified atom stereocenters. The molecule has 2 N–H and O–H groups in total. The molecule has 35 heavy (non-hydrogen) atoms. The van der Waals surface area contributed by atoms with Crippen molar-refractivity contribution in [1.82, 2.24) is 15.1 Å². The van der Waals surface area contributed by atoms with Crippen LogP contribution >= 0.6 is 0 Å². The number of alkyl carbamates (subject to hydrolysis) is 1. The van der Waals surface area contributed by atoms with E-state index in [1.165, 1.54) is 11.9 Å². The third-order valence-electron chi connectivity index (χ3n) is 6.24. The predicted octanol–water partition coefficient (Wildman–Crippen LogP) is 1.30. The van der Waals surface area contributed by atoms with Crippen LogP contribution in [0, 0.1) is 0 Å². The Kier molecular flexibility index (Phi) is 7.31. The predicted molar refractivity (Wildman–Crippen MR) is 125 cm³/mol. The highest BCUT2D eigenvalue weighted by Gasteiger charge is 2.37. The van der Waals surface area contributed by atoms with Crippen LogP contribution in [0.15, 0.2) is 48.5 Å². The van der Waals surface area contributed by atoms with E-state index >= 15 is 0 Å². The number of amides is 3. The molecule has 1 aliphatic carbocycles. The number of hydrogen-bond acceptors (Lipinski definition) is 6. The number of carbonyl (C=O) groups is 4. The van der Waals surface area contributed by atoms with Crippen molar-refractivity contribution in [3.05, 3.63) is 59.7 Å². The summed E-state index contributed by atoms with van der Waals surface area (Å²) in [6.45, 7) is -0.472. The van der Waals surface area contributed by atoms with Crippen molar-refractivity contribution in [3.8, 4) is 11.1 Å². The zero-order valence-corrected chi connectivity index (χ0v) is 19.3. The molecule has 1 heterocycles. The van der Waals surface area contributed by atoms with Crippen molar-refractivity contribution in [2.45, 2.75) is 12.0 Å². The van der Waals surface area contributed by atoms with Crippen LogP contribution in [-0.4, -0.2) is 91.3 Å². The summed E-state index contributed by atoms with van der Waals surface area (Å²) in [7, 11) is 1.49. The van der Waals surface area contributed by atoms with Crippen LogP contribution in [0.4, 0.5) is 4.79 Å². The van der Waals surface area contributed by atoms with Crippen LogP contribution in [0.5, 0.6) is 0 Å². The van der Waals surface area contributed by atoms with Gasteiger partial charge < -0.3 is 29.7 Å². The highest BCUT2D eigenvalue weighted by Crippen LogP contribution is 2.44. The summed E-state index contributed by atoms with van der Waals surface area (Å²) < 4.78 is 10.7. The quantitative estimate of drug-likeness (QED) is 0.545. The summed E-state index contributed by atoms with van der Waals surface area (Å²) in [4.78, 5) is 50.1. The highest BCUT2D eigenvalue weighted by atomic mass is 16.5. The average Bonchev–Trinajstić information content (AvgIpc) is 3.17. The molecule has 10 nitrogen and oxygen atoms in total. The van der Waals surface area contributed by atoms with Gasteiger partial charge in [-0.05, 0) is 22.3 Å². The normalized spacial score (nSPS) is 17.1. The summed E-state index contributed by atoms with van der Waals surface area (Å²) >= 11 is 0. The molecule has 1 aliphatic heterocycles. The van der Waals surface area contributed by atoms with Crippen molar-refractivity contribution >= 4 is 23.9 Å². The maximum absolute atomic E-state index is 12.4. The van der Waals surface area contributed by atoms with Crippen molar-refractivity contribution < 1.29 is 33.8 Å². The summed E-state index contributed by atoms with van der Waals surface area (Å²) in [6.07, 6.45) is -0.600. The molecular weight excluding hydrogens is 454 g/mol. The van der Waals surface area contributed by atoms with Gasteiger partial charge in [-0.3, -0.25) is 9.59 Å². The van der Waals surface area contributed by atoms with Crippen molar-refractivity contribution in [2.75, 3.05) is 46.5 Å². The van der Waals surface area contributed by atoms with E-state index in [1.807, 2.05) is 36.4 Å². The SMILES string of the molecule is CN1CC(C(=O)O)N(C(=O)COCCNC(=O)OCC2c3ccccc3-c3ccccc32)CC1=O. The van der Waals surface area contributed by atoms with Crippen LogP contribution in [0.1, 0.15) is 17.0 Å². The second kappa shape index (κ2) is 10.6. The van der Waals surface area contributed by atoms with Gasteiger partial charge in [-0.2, -0.15) is 0 Å². The second-order valence-corrected chi connectivity index (χ2v) is 8.45. The number of nitrogens with one attached hydrogen (secondary N) is 1. The lowest BCUT2D eigenvalue weighted by molar-refractivity contribution is -0.160. The van der Waals surface area contributed by atoms with Gasteiger partial charge in [0.05, 0.1) is 13.2 Å². The summed E-state index contributed by atoms with van der Waals surface area (Å²) in [6, 6.07) is 15.0. The van der Waals surface area contributed by atoms with Gasteiger partial charge in [-0.25, -0.2) is 9.59 Å². The first-order valence-corrected chi connectivity index (χ1v) is 11.3. The number of nitrogens with zero attached hydrogens (tertiary/aromatic N) is 2. The molecule has 2 aromatic rings. The Morgan fingerprint density at radius 2 is 1.69 bits per heavy atom. The van der Waals surface area contributed by atoms with E-state index in [4.69, 9.17) is 9.47 Å². The number of hydrogen-bond donors (Lipinski definition) is 2. The summed E-state index contributed by atoms with van der Waals surface area (Å²) in [5, 5.41) is 11.9. The molecule has 0 aromatic heterocycles. The van der Waals surface area contributed by atoms with E-state index in [0.29, 0.717) is 0 Å². The summed E-state index contributed by atoms with van der Waals surface area (Å²) in [5.41, 5.74) is 4.51. The largest absolute Gasteiger partial charge is 0.480 e. The maximum atomic E-state index is 12.4. The number of rotatable bonds is 8. The second-order valence-electron chi connectivity index (χ2n) is 8.45. The van der Waals surface area contributed by atoms with E-state index in [2.05, 4.69) is 17.4 Å². The molecule has 184 valence electrons. The van der Waals surface area contributed by atoms with E-state index in [1.54, 1.807) is 0 Å². The molecule has 10 heteroatoms. The number of carbonyl (C=O) groups excluding carboxylic acids is 3. The molecule has 2 aromatic carbocycles. The lowest BCUT2D eigenvalue weighted by Gasteiger charge is -2.37. The van der Waals surface area contributed by atoms with Gasteiger partial charge in [-0.15, -0.1) is 0 Å². The van der Waals surface area contributed by atoms with Gasteiger partial charge >= 0.3 is 12.1 Å². The Morgan fingerprint density at radius 3 is 2.31 bits per heavy atom. The smallest absolute Gasteiger partial charge is 0.407 e. The Balaban J connectivity index is 1.20. The standard InChI is InChI=1S/C25H27N3O7/c1-27-12-21(24(31)32)28(13-22(27)29)23(30)15-34-11-10-26-25(33)35-14-20-18-8-4-2-6-16(18)17-7-3-5-9-19(17)20/h2-9,20-21H,10-15H2,1H3,(H,26,33)(H,31,32). The molecule has 0 saturated carbocycles. The zero-order chi connectivity index (χ0) is 24.9. The van der Waals surface area contributed by atoms with Gasteiger partial charge in [0.25, 0.3) is 0 Å². The van der Waals surface area contributed by atoms with Crippen LogP contribution < -0.4 is 5.32 Å². The van der Waals surface area contributed by atoms with Gasteiger partial charge in [0.15, 0.2) is 0 Å². The number of piperazine rings is 1. The minimum absolute atomic E-state index is 0.0232. The first-order valence-electron chi connectivity index (χ1n) is 11.3. The molecule has 2 aliphatic rings. The van der Waals surface area contributed by atoms with E-state index in [9.17, 15) is 24.3 Å². The fourth-order valence-corrected chi connectivity index (χ4v) is 4.43. The van der Waals surface area contributed by atoms with Crippen molar-refractivity contribution in [1.29, 1.82) is 0 Å². The minimum Gasteiger partial charge on any atom is -0.480 e. The van der Waals surface area contributed by atoms with Gasteiger partial charge in [-0.1, -0.05) is 48.5 Å². The monoisotopic (exact) mass is 481 g/mol. The first kappa shape index (κ1) is 24.2.